The lowest BCUT2D eigenvalue weighted by molar-refractivity contribution is -0.128. The molecule has 0 saturated heterocycles. The van der Waals surface area contributed by atoms with E-state index in [0.717, 1.165) is 15.4 Å². The molecule has 31 heavy (non-hydrogen) atoms. The van der Waals surface area contributed by atoms with Crippen molar-refractivity contribution in [3.05, 3.63) is 58.1 Å². The van der Waals surface area contributed by atoms with Gasteiger partial charge in [-0.15, -0.1) is 0 Å². The Morgan fingerprint density at radius 2 is 1.81 bits per heavy atom. The van der Waals surface area contributed by atoms with Gasteiger partial charge in [0.2, 0.25) is 15.9 Å². The molecule has 0 unspecified atom stereocenters. The molecule has 0 radical (unpaired) electrons. The number of aryl methyl sites for hydroxylation is 1. The zero-order valence-corrected chi connectivity index (χ0v) is 18.5. The van der Waals surface area contributed by atoms with Crippen molar-refractivity contribution in [3.63, 3.8) is 0 Å². The Kier molecular flexibility index (Phi) is 7.16. The van der Waals surface area contributed by atoms with Gasteiger partial charge in [-0.05, 0) is 31.2 Å². The van der Waals surface area contributed by atoms with Gasteiger partial charge in [0.15, 0.2) is 6.79 Å². The fourth-order valence-electron chi connectivity index (χ4n) is 2.96. The Morgan fingerprint density at radius 1 is 1.13 bits per heavy atom. The number of nitrogens with one attached hydrogen (secondary N) is 2. The largest absolute Gasteiger partial charge is 0.467 e. The second-order valence-electron chi connectivity index (χ2n) is 7.01. The van der Waals surface area contributed by atoms with E-state index in [1.54, 1.807) is 24.3 Å². The van der Waals surface area contributed by atoms with Crippen molar-refractivity contribution < 1.29 is 27.5 Å². The molecule has 0 aromatic heterocycles. The normalized spacial score (nSPS) is 13.3. The molecule has 11 heteroatoms. The third-order valence-electron chi connectivity index (χ3n) is 4.54. The summed E-state index contributed by atoms with van der Waals surface area (Å²) in [5.41, 5.74) is 6.69. The van der Waals surface area contributed by atoms with Crippen molar-refractivity contribution in [1.82, 2.24) is 15.2 Å². The molecule has 0 atom stereocenters. The number of amides is 2. The number of ether oxygens (including phenoxy) is 2. The van der Waals surface area contributed by atoms with E-state index in [-0.39, 0.29) is 18.1 Å². The first kappa shape index (κ1) is 23.0. The summed E-state index contributed by atoms with van der Waals surface area (Å²) in [6.45, 7) is 1.77. The van der Waals surface area contributed by atoms with E-state index in [4.69, 9.17) is 21.1 Å². The molecule has 0 fully saturated rings. The van der Waals surface area contributed by atoms with Crippen LogP contribution in [0.5, 0.6) is 5.75 Å². The zero-order valence-electron chi connectivity index (χ0n) is 17.0. The number of likely N-dealkylation sites (N-methyl/N-ethyl adjacent to an activating group) is 1. The third-order valence-corrected chi connectivity index (χ3v) is 6.58. The van der Waals surface area contributed by atoms with Gasteiger partial charge >= 0.3 is 0 Å². The molecule has 1 aliphatic rings. The molecule has 3 rings (SSSR count). The highest BCUT2D eigenvalue weighted by atomic mass is 35.5. The third kappa shape index (κ3) is 5.73. The van der Waals surface area contributed by atoms with Gasteiger partial charge in [-0.3, -0.25) is 20.4 Å². The summed E-state index contributed by atoms with van der Waals surface area (Å²) in [4.78, 5) is 24.5. The van der Waals surface area contributed by atoms with Crippen molar-refractivity contribution in [2.45, 2.75) is 24.8 Å². The van der Waals surface area contributed by atoms with Crippen LogP contribution in [-0.4, -0.2) is 44.9 Å². The fraction of sp³-hybridized carbons (Fsp3) is 0.300. The minimum absolute atomic E-state index is 0.0712. The van der Waals surface area contributed by atoms with E-state index in [0.29, 0.717) is 22.9 Å². The maximum absolute atomic E-state index is 12.5. The van der Waals surface area contributed by atoms with Gasteiger partial charge in [-0.25, -0.2) is 8.42 Å². The number of hydrogen-bond acceptors (Lipinski definition) is 6. The second-order valence-corrected chi connectivity index (χ2v) is 9.49. The van der Waals surface area contributed by atoms with E-state index in [1.165, 1.54) is 19.2 Å². The first-order valence-electron chi connectivity index (χ1n) is 9.29. The van der Waals surface area contributed by atoms with Crippen molar-refractivity contribution in [2.75, 3.05) is 20.4 Å². The van der Waals surface area contributed by atoms with Crippen LogP contribution < -0.4 is 15.6 Å². The summed E-state index contributed by atoms with van der Waals surface area (Å²) in [5.74, 6) is -0.678. The van der Waals surface area contributed by atoms with Crippen molar-refractivity contribution in [3.8, 4) is 5.75 Å². The molecule has 2 aromatic carbocycles. The summed E-state index contributed by atoms with van der Waals surface area (Å²) >= 11 is 6.08. The number of hydrazine groups is 1. The van der Waals surface area contributed by atoms with E-state index >= 15 is 0 Å². The molecule has 0 spiro atoms. The standard InChI is InChI=1S/C20H22ClN3O6S/c1-13-3-5-17(6-4-13)31(27,28)24(2)10-19(26)23-22-18(25)9-14-7-16(21)8-15-11-29-12-30-20(14)15/h3-8H,9-12H2,1-2H3,(H,22,25)(H,23,26). The number of nitrogens with zero attached hydrogens (tertiary/aromatic N) is 1. The average molecular weight is 468 g/mol. The maximum Gasteiger partial charge on any atom is 0.253 e. The molecule has 166 valence electrons. The predicted octanol–water partition coefficient (Wildman–Crippen LogP) is 1.53. The Morgan fingerprint density at radius 3 is 2.52 bits per heavy atom. The molecular formula is C20H22ClN3O6S. The highest BCUT2D eigenvalue weighted by Gasteiger charge is 2.23. The summed E-state index contributed by atoms with van der Waals surface area (Å²) in [5, 5.41) is 0.433. The number of halogens is 1. The quantitative estimate of drug-likeness (QED) is 0.623. The summed E-state index contributed by atoms with van der Waals surface area (Å²) in [7, 11) is -2.55. The van der Waals surface area contributed by atoms with Gasteiger partial charge in [-0.2, -0.15) is 4.31 Å². The van der Waals surface area contributed by atoms with Crippen LogP contribution in [0.3, 0.4) is 0 Å². The molecule has 0 saturated carbocycles. The summed E-state index contributed by atoms with van der Waals surface area (Å²) in [6, 6.07) is 9.59. The molecular weight excluding hydrogens is 446 g/mol. The summed E-state index contributed by atoms with van der Waals surface area (Å²) < 4.78 is 36.7. The van der Waals surface area contributed by atoms with E-state index in [9.17, 15) is 18.0 Å². The lowest BCUT2D eigenvalue weighted by Crippen LogP contribution is -2.47. The van der Waals surface area contributed by atoms with Crippen LogP contribution in [-0.2, 0) is 37.4 Å². The van der Waals surface area contributed by atoms with Crippen LogP contribution in [0.25, 0.3) is 0 Å². The topological polar surface area (TPSA) is 114 Å². The van der Waals surface area contributed by atoms with Crippen LogP contribution in [0.2, 0.25) is 5.02 Å². The number of carbonyl (C=O) groups excluding carboxylic acids is 2. The van der Waals surface area contributed by atoms with Gasteiger partial charge < -0.3 is 9.47 Å². The monoisotopic (exact) mass is 467 g/mol. The van der Waals surface area contributed by atoms with E-state index in [2.05, 4.69) is 10.9 Å². The van der Waals surface area contributed by atoms with Gasteiger partial charge in [0.1, 0.15) is 5.75 Å². The molecule has 2 aromatic rings. The van der Waals surface area contributed by atoms with Crippen LogP contribution >= 0.6 is 11.6 Å². The highest BCUT2D eigenvalue weighted by molar-refractivity contribution is 7.89. The smallest absolute Gasteiger partial charge is 0.253 e. The molecule has 2 N–H and O–H groups in total. The Bertz CT molecular complexity index is 1090. The minimum atomic E-state index is -3.84. The fourth-order valence-corrected chi connectivity index (χ4v) is 4.35. The lowest BCUT2D eigenvalue weighted by Gasteiger charge is -2.21. The van der Waals surface area contributed by atoms with Crippen LogP contribution in [0.4, 0.5) is 0 Å². The van der Waals surface area contributed by atoms with Crippen molar-refractivity contribution >= 4 is 33.4 Å². The van der Waals surface area contributed by atoms with Gasteiger partial charge in [0.05, 0.1) is 24.5 Å². The number of carbonyl (C=O) groups is 2. The first-order chi connectivity index (χ1) is 14.7. The van der Waals surface area contributed by atoms with Crippen LogP contribution in [0, 0.1) is 6.92 Å². The maximum atomic E-state index is 12.5. The molecule has 2 amide bonds. The summed E-state index contributed by atoms with van der Waals surface area (Å²) in [6.07, 6.45) is -0.0965. The number of rotatable bonds is 6. The van der Waals surface area contributed by atoms with Crippen LogP contribution in [0.15, 0.2) is 41.3 Å². The van der Waals surface area contributed by atoms with Gasteiger partial charge in [0.25, 0.3) is 5.91 Å². The van der Waals surface area contributed by atoms with Gasteiger partial charge in [-0.1, -0.05) is 29.3 Å². The van der Waals surface area contributed by atoms with Gasteiger partial charge in [0, 0.05) is 23.2 Å². The number of benzene rings is 2. The second kappa shape index (κ2) is 9.65. The molecule has 1 heterocycles. The number of fused-ring (bicyclic) bond motifs is 1. The Labute approximate surface area is 185 Å². The average Bonchev–Trinajstić information content (AvgIpc) is 2.72. The SMILES string of the molecule is Cc1ccc(S(=O)(=O)N(C)CC(=O)NNC(=O)Cc2cc(Cl)cc3c2OCOC3)cc1. The molecule has 0 aliphatic carbocycles. The first-order valence-corrected chi connectivity index (χ1v) is 11.1. The van der Waals surface area contributed by atoms with Crippen molar-refractivity contribution in [2.24, 2.45) is 0 Å². The minimum Gasteiger partial charge on any atom is -0.467 e. The van der Waals surface area contributed by atoms with E-state index in [1.807, 2.05) is 6.92 Å². The Balaban J connectivity index is 1.55. The number of sulfonamides is 1. The number of hydrogen-bond donors (Lipinski definition) is 2. The predicted molar refractivity (Wildman–Crippen MR) is 113 cm³/mol. The molecule has 1 aliphatic heterocycles. The van der Waals surface area contributed by atoms with Crippen LogP contribution in [0.1, 0.15) is 16.7 Å². The molecule has 9 nitrogen and oxygen atoms in total. The van der Waals surface area contributed by atoms with E-state index < -0.39 is 28.4 Å². The molecule has 0 bridgehead atoms. The Hall–Kier alpha value is -2.66. The lowest BCUT2D eigenvalue weighted by atomic mass is 10.1. The zero-order chi connectivity index (χ0) is 22.6. The highest BCUT2D eigenvalue weighted by Crippen LogP contribution is 2.31. The van der Waals surface area contributed by atoms with Crippen molar-refractivity contribution in [1.29, 1.82) is 0 Å².